The van der Waals surface area contributed by atoms with Crippen LogP contribution in [0.5, 0.6) is 0 Å². The van der Waals surface area contributed by atoms with Crippen molar-refractivity contribution in [2.75, 3.05) is 24.6 Å². The highest BCUT2D eigenvalue weighted by atomic mass is 16.3. The van der Waals surface area contributed by atoms with Crippen molar-refractivity contribution in [2.45, 2.75) is 19.3 Å². The Morgan fingerprint density at radius 3 is 3.28 bits per heavy atom. The number of fused-ring (bicyclic) bond motifs is 1. The van der Waals surface area contributed by atoms with Gasteiger partial charge in [-0.15, -0.1) is 0 Å². The summed E-state index contributed by atoms with van der Waals surface area (Å²) in [6, 6.07) is 3.88. The van der Waals surface area contributed by atoms with E-state index in [0.717, 1.165) is 36.3 Å². The Balaban J connectivity index is 1.87. The largest absolute Gasteiger partial charge is 0.464 e. The van der Waals surface area contributed by atoms with Crippen LogP contribution in [0.25, 0.3) is 11.0 Å². The van der Waals surface area contributed by atoms with Crippen LogP contribution < -0.4 is 4.90 Å². The van der Waals surface area contributed by atoms with Gasteiger partial charge in [0.25, 0.3) is 0 Å². The lowest BCUT2D eigenvalue weighted by molar-refractivity contribution is 0.244. The molecule has 4 heteroatoms. The first-order chi connectivity index (χ1) is 8.88. The minimum absolute atomic E-state index is 0.280. The number of furan rings is 1. The van der Waals surface area contributed by atoms with Crippen molar-refractivity contribution in [3.63, 3.8) is 0 Å². The summed E-state index contributed by atoms with van der Waals surface area (Å²) < 4.78 is 5.42. The van der Waals surface area contributed by atoms with E-state index < -0.39 is 0 Å². The second-order valence-corrected chi connectivity index (χ2v) is 4.93. The van der Waals surface area contributed by atoms with Gasteiger partial charge in [-0.1, -0.05) is 0 Å². The molecule has 0 amide bonds. The van der Waals surface area contributed by atoms with Gasteiger partial charge >= 0.3 is 0 Å². The van der Waals surface area contributed by atoms with E-state index in [-0.39, 0.29) is 6.61 Å². The smallest absolute Gasteiger partial charge is 0.139 e. The summed E-state index contributed by atoms with van der Waals surface area (Å²) in [4.78, 5) is 6.82. The van der Waals surface area contributed by atoms with Crippen LogP contribution in [0.15, 0.2) is 29.0 Å². The van der Waals surface area contributed by atoms with Crippen LogP contribution in [0.2, 0.25) is 0 Å². The van der Waals surface area contributed by atoms with Crippen molar-refractivity contribution in [1.29, 1.82) is 0 Å². The van der Waals surface area contributed by atoms with Crippen molar-refractivity contribution < 1.29 is 9.52 Å². The molecule has 0 saturated carbocycles. The Morgan fingerprint density at radius 2 is 2.39 bits per heavy atom. The topological polar surface area (TPSA) is 49.5 Å². The summed E-state index contributed by atoms with van der Waals surface area (Å²) in [6.45, 7) is 2.30. The van der Waals surface area contributed by atoms with Gasteiger partial charge in [-0.05, 0) is 37.3 Å². The molecule has 1 N–H and O–H groups in total. The first-order valence-electron chi connectivity index (χ1n) is 6.56. The molecule has 96 valence electrons. The molecule has 1 aliphatic rings. The van der Waals surface area contributed by atoms with Gasteiger partial charge in [-0.25, -0.2) is 4.98 Å². The Labute approximate surface area is 106 Å². The van der Waals surface area contributed by atoms with Crippen LogP contribution in [-0.4, -0.2) is 29.8 Å². The maximum atomic E-state index is 9.06. The highest BCUT2D eigenvalue weighted by molar-refractivity contribution is 5.88. The number of aliphatic hydroxyl groups excluding tert-OH is 1. The van der Waals surface area contributed by atoms with Crippen LogP contribution in [0.3, 0.4) is 0 Å². The fourth-order valence-electron chi connectivity index (χ4n) is 2.81. The zero-order valence-corrected chi connectivity index (χ0v) is 10.4. The number of hydrogen-bond donors (Lipinski definition) is 1. The molecular weight excluding hydrogens is 228 g/mol. The number of aromatic nitrogens is 1. The van der Waals surface area contributed by atoms with E-state index >= 15 is 0 Å². The molecule has 2 aromatic rings. The van der Waals surface area contributed by atoms with Gasteiger partial charge in [0.05, 0.1) is 11.6 Å². The Kier molecular flexibility index (Phi) is 3.19. The number of hydrogen-bond acceptors (Lipinski definition) is 4. The van der Waals surface area contributed by atoms with Crippen LogP contribution >= 0.6 is 0 Å². The minimum atomic E-state index is 0.280. The quantitative estimate of drug-likeness (QED) is 0.903. The third-order valence-electron chi connectivity index (χ3n) is 3.71. The standard InChI is InChI=1S/C14H18N2O2/c17-8-4-11-2-1-7-16(10-11)14-12-5-9-18-13(12)3-6-15-14/h3,5-6,9,11,17H,1-2,4,7-8,10H2. The zero-order valence-electron chi connectivity index (χ0n) is 10.4. The number of piperidine rings is 1. The predicted molar refractivity (Wildman–Crippen MR) is 70.6 cm³/mol. The van der Waals surface area contributed by atoms with Crippen molar-refractivity contribution in [1.82, 2.24) is 4.98 Å². The van der Waals surface area contributed by atoms with E-state index in [1.165, 1.54) is 12.8 Å². The molecule has 1 fully saturated rings. The van der Waals surface area contributed by atoms with E-state index in [2.05, 4.69) is 9.88 Å². The van der Waals surface area contributed by atoms with Gasteiger partial charge in [-0.2, -0.15) is 0 Å². The van der Waals surface area contributed by atoms with Gasteiger partial charge < -0.3 is 14.4 Å². The first kappa shape index (κ1) is 11.5. The van der Waals surface area contributed by atoms with E-state index in [0.29, 0.717) is 5.92 Å². The number of anilines is 1. The summed E-state index contributed by atoms with van der Waals surface area (Å²) in [5.41, 5.74) is 0.893. The number of nitrogens with zero attached hydrogens (tertiary/aromatic N) is 2. The van der Waals surface area contributed by atoms with E-state index in [1.807, 2.05) is 12.1 Å². The maximum absolute atomic E-state index is 9.06. The molecule has 0 radical (unpaired) electrons. The second kappa shape index (κ2) is 4.98. The van der Waals surface area contributed by atoms with E-state index in [4.69, 9.17) is 9.52 Å². The highest BCUT2D eigenvalue weighted by Crippen LogP contribution is 2.29. The molecule has 3 rings (SSSR count). The van der Waals surface area contributed by atoms with Gasteiger partial charge in [0.1, 0.15) is 11.4 Å². The SMILES string of the molecule is OCCC1CCCN(c2nccc3occc23)C1. The molecule has 0 spiro atoms. The van der Waals surface area contributed by atoms with Gasteiger partial charge in [0.15, 0.2) is 0 Å². The van der Waals surface area contributed by atoms with Crippen LogP contribution in [-0.2, 0) is 0 Å². The van der Waals surface area contributed by atoms with E-state index in [1.54, 1.807) is 12.5 Å². The lowest BCUT2D eigenvalue weighted by Crippen LogP contribution is -2.36. The third kappa shape index (κ3) is 2.08. The molecule has 1 aliphatic heterocycles. The Hall–Kier alpha value is -1.55. The molecule has 18 heavy (non-hydrogen) atoms. The number of rotatable bonds is 3. The molecule has 1 atom stereocenters. The van der Waals surface area contributed by atoms with Crippen LogP contribution in [0, 0.1) is 5.92 Å². The monoisotopic (exact) mass is 246 g/mol. The van der Waals surface area contributed by atoms with Gasteiger partial charge in [0, 0.05) is 25.9 Å². The Bertz CT molecular complexity index is 521. The Morgan fingerprint density at radius 1 is 1.44 bits per heavy atom. The molecule has 4 nitrogen and oxygen atoms in total. The summed E-state index contributed by atoms with van der Waals surface area (Å²) in [7, 11) is 0. The van der Waals surface area contributed by atoms with Gasteiger partial charge in [-0.3, -0.25) is 0 Å². The van der Waals surface area contributed by atoms with Crippen LogP contribution in [0.1, 0.15) is 19.3 Å². The molecule has 0 aromatic carbocycles. The molecule has 2 aromatic heterocycles. The molecule has 1 unspecified atom stereocenters. The van der Waals surface area contributed by atoms with Crippen molar-refractivity contribution in [2.24, 2.45) is 5.92 Å². The first-order valence-corrected chi connectivity index (χ1v) is 6.56. The molecule has 0 aliphatic carbocycles. The third-order valence-corrected chi connectivity index (χ3v) is 3.71. The summed E-state index contributed by atoms with van der Waals surface area (Å²) >= 11 is 0. The van der Waals surface area contributed by atoms with Crippen molar-refractivity contribution in [3.8, 4) is 0 Å². The summed E-state index contributed by atoms with van der Waals surface area (Å²) in [6.07, 6.45) is 6.78. The predicted octanol–water partition coefficient (Wildman–Crippen LogP) is 2.43. The average molecular weight is 246 g/mol. The zero-order chi connectivity index (χ0) is 12.4. The van der Waals surface area contributed by atoms with E-state index in [9.17, 15) is 0 Å². The molecular formula is C14H18N2O2. The molecule has 3 heterocycles. The maximum Gasteiger partial charge on any atom is 0.139 e. The summed E-state index contributed by atoms with van der Waals surface area (Å²) in [5, 5.41) is 10.2. The van der Waals surface area contributed by atoms with Crippen LogP contribution in [0.4, 0.5) is 5.82 Å². The van der Waals surface area contributed by atoms with Crippen molar-refractivity contribution in [3.05, 3.63) is 24.6 Å². The lowest BCUT2D eigenvalue weighted by Gasteiger charge is -2.33. The second-order valence-electron chi connectivity index (χ2n) is 4.93. The minimum Gasteiger partial charge on any atom is -0.464 e. The number of pyridine rings is 1. The molecule has 1 saturated heterocycles. The molecule has 0 bridgehead atoms. The normalized spacial score (nSPS) is 20.5. The van der Waals surface area contributed by atoms with Gasteiger partial charge in [0.2, 0.25) is 0 Å². The fourth-order valence-corrected chi connectivity index (χ4v) is 2.81. The average Bonchev–Trinajstić information content (AvgIpc) is 2.87. The fraction of sp³-hybridized carbons (Fsp3) is 0.500. The number of aliphatic hydroxyl groups is 1. The van der Waals surface area contributed by atoms with Crippen molar-refractivity contribution >= 4 is 16.8 Å². The highest BCUT2D eigenvalue weighted by Gasteiger charge is 2.22. The lowest BCUT2D eigenvalue weighted by atomic mass is 9.95. The summed E-state index contributed by atoms with van der Waals surface area (Å²) in [5.74, 6) is 1.59.